The summed E-state index contributed by atoms with van der Waals surface area (Å²) in [7, 11) is 1.90. The van der Waals surface area contributed by atoms with Gasteiger partial charge in [-0.15, -0.1) is 0 Å². The third-order valence-electron chi connectivity index (χ3n) is 0.861. The Bertz CT molecular complexity index is 137. The quantitative estimate of drug-likeness (QED) is 0.487. The first-order valence-electron chi connectivity index (χ1n) is 2.48. The van der Waals surface area contributed by atoms with Gasteiger partial charge in [-0.05, 0) is 6.92 Å². The number of allylic oxidation sites excluding steroid dienone is 1. The van der Waals surface area contributed by atoms with Crippen molar-refractivity contribution in [1.29, 1.82) is 0 Å². The molecular formula is C5H9N3. The monoisotopic (exact) mass is 111 g/mol. The predicted octanol–water partition coefficient (Wildman–Crippen LogP) is 0.326. The molecule has 3 heteroatoms. The highest BCUT2D eigenvalue weighted by atomic mass is 15.5. The molecule has 44 valence electrons. The Hall–Kier alpha value is -0.990. The Morgan fingerprint density at radius 1 is 1.75 bits per heavy atom. The Morgan fingerprint density at radius 2 is 2.50 bits per heavy atom. The summed E-state index contributed by atoms with van der Waals surface area (Å²) in [4.78, 5) is 3.92. The van der Waals surface area contributed by atoms with Gasteiger partial charge in [0.25, 0.3) is 0 Å². The van der Waals surface area contributed by atoms with Crippen molar-refractivity contribution >= 4 is 6.34 Å². The van der Waals surface area contributed by atoms with Crippen LogP contribution in [-0.4, -0.2) is 18.4 Å². The third-order valence-corrected chi connectivity index (χ3v) is 0.861. The summed E-state index contributed by atoms with van der Waals surface area (Å²) in [5.74, 6) is 0. The number of hydrogen-bond donors (Lipinski definition) is 1. The van der Waals surface area contributed by atoms with Crippen LogP contribution in [0.15, 0.2) is 16.9 Å². The summed E-state index contributed by atoms with van der Waals surface area (Å²) < 4.78 is 0. The fourth-order valence-corrected chi connectivity index (χ4v) is 0.581. The zero-order valence-corrected chi connectivity index (χ0v) is 5.05. The van der Waals surface area contributed by atoms with E-state index >= 15 is 0 Å². The molecule has 0 unspecified atom stereocenters. The van der Waals surface area contributed by atoms with Crippen LogP contribution in [0.1, 0.15) is 6.92 Å². The third kappa shape index (κ3) is 0.992. The fraction of sp³-hybridized carbons (Fsp3) is 0.400. The number of hydrogen-bond acceptors (Lipinski definition) is 3. The lowest BCUT2D eigenvalue weighted by molar-refractivity contribution is 0.419. The summed E-state index contributed by atoms with van der Waals surface area (Å²) in [6.07, 6.45) is 3.49. The molecule has 1 aliphatic rings. The Balaban J connectivity index is 2.59. The maximum atomic E-state index is 3.92. The van der Waals surface area contributed by atoms with Gasteiger partial charge < -0.3 is 5.43 Å². The van der Waals surface area contributed by atoms with Crippen LogP contribution in [-0.2, 0) is 0 Å². The lowest BCUT2D eigenvalue weighted by Gasteiger charge is -2.18. The summed E-state index contributed by atoms with van der Waals surface area (Å²) in [6.45, 7) is 1.97. The van der Waals surface area contributed by atoms with Gasteiger partial charge in [0.05, 0.1) is 0 Å². The molecule has 0 aliphatic carbocycles. The largest absolute Gasteiger partial charge is 0.301 e. The standard InChI is InChI=1S/C5H9N3/c1-5-3-6-4-8(2)7-5/h3-4,7H,1-2H3. The SMILES string of the molecule is CC1=CN=CN(C)N1. The van der Waals surface area contributed by atoms with E-state index in [-0.39, 0.29) is 0 Å². The van der Waals surface area contributed by atoms with Gasteiger partial charge in [-0.3, -0.25) is 5.01 Å². The van der Waals surface area contributed by atoms with Crippen LogP contribution in [0.4, 0.5) is 0 Å². The Morgan fingerprint density at radius 3 is 2.88 bits per heavy atom. The van der Waals surface area contributed by atoms with Crippen molar-refractivity contribution in [2.45, 2.75) is 6.92 Å². The minimum absolute atomic E-state index is 1.06. The average molecular weight is 111 g/mol. The fourth-order valence-electron chi connectivity index (χ4n) is 0.581. The number of rotatable bonds is 0. The van der Waals surface area contributed by atoms with Gasteiger partial charge in [0.15, 0.2) is 0 Å². The van der Waals surface area contributed by atoms with Gasteiger partial charge in [0, 0.05) is 18.9 Å². The van der Waals surface area contributed by atoms with Crippen LogP contribution < -0.4 is 5.43 Å². The topological polar surface area (TPSA) is 27.6 Å². The summed E-state index contributed by atoms with van der Waals surface area (Å²) in [6, 6.07) is 0. The maximum absolute atomic E-state index is 3.92. The van der Waals surface area contributed by atoms with E-state index in [4.69, 9.17) is 0 Å². The maximum Gasteiger partial charge on any atom is 0.109 e. The first-order chi connectivity index (χ1) is 3.79. The van der Waals surface area contributed by atoms with Crippen LogP contribution in [0.25, 0.3) is 0 Å². The minimum Gasteiger partial charge on any atom is -0.301 e. The first-order valence-corrected chi connectivity index (χ1v) is 2.48. The molecule has 0 saturated carbocycles. The lowest BCUT2D eigenvalue weighted by atomic mass is 10.5. The van der Waals surface area contributed by atoms with Crippen molar-refractivity contribution < 1.29 is 0 Å². The van der Waals surface area contributed by atoms with Gasteiger partial charge in [0.2, 0.25) is 0 Å². The van der Waals surface area contributed by atoms with Crippen LogP contribution in [0.2, 0.25) is 0 Å². The van der Waals surface area contributed by atoms with Crippen molar-refractivity contribution in [2.75, 3.05) is 7.05 Å². The molecule has 0 spiro atoms. The number of aliphatic imine (C=N–C) groups is 1. The van der Waals surface area contributed by atoms with Crippen molar-refractivity contribution in [2.24, 2.45) is 4.99 Å². The molecule has 0 saturated heterocycles. The van der Waals surface area contributed by atoms with Gasteiger partial charge in [-0.1, -0.05) is 0 Å². The molecule has 8 heavy (non-hydrogen) atoms. The van der Waals surface area contributed by atoms with Crippen LogP contribution in [0, 0.1) is 0 Å². The normalized spacial score (nSPS) is 17.8. The molecule has 0 aromatic heterocycles. The predicted molar refractivity (Wildman–Crippen MR) is 33.1 cm³/mol. The van der Waals surface area contributed by atoms with Gasteiger partial charge in [-0.2, -0.15) is 0 Å². The van der Waals surface area contributed by atoms with Crippen molar-refractivity contribution in [3.8, 4) is 0 Å². The highest BCUT2D eigenvalue weighted by Crippen LogP contribution is 1.91. The highest BCUT2D eigenvalue weighted by Gasteiger charge is 1.93. The molecule has 0 atom stereocenters. The van der Waals surface area contributed by atoms with E-state index in [0.717, 1.165) is 5.70 Å². The van der Waals surface area contributed by atoms with Gasteiger partial charge in [-0.25, -0.2) is 4.99 Å². The van der Waals surface area contributed by atoms with E-state index in [2.05, 4.69) is 10.4 Å². The molecular weight excluding hydrogens is 102 g/mol. The molecule has 1 N–H and O–H groups in total. The average Bonchev–Trinajstić information content (AvgIpc) is 1.64. The second-order valence-electron chi connectivity index (χ2n) is 1.80. The number of nitrogens with one attached hydrogen (secondary N) is 1. The van der Waals surface area contributed by atoms with E-state index in [0.29, 0.717) is 0 Å². The summed E-state index contributed by atoms with van der Waals surface area (Å²) in [5.41, 5.74) is 4.09. The molecule has 1 rings (SSSR count). The molecule has 0 bridgehead atoms. The summed E-state index contributed by atoms with van der Waals surface area (Å²) >= 11 is 0. The molecule has 0 aromatic rings. The van der Waals surface area contributed by atoms with Crippen LogP contribution in [0.5, 0.6) is 0 Å². The van der Waals surface area contributed by atoms with E-state index in [1.165, 1.54) is 0 Å². The minimum atomic E-state index is 1.06. The smallest absolute Gasteiger partial charge is 0.109 e. The van der Waals surface area contributed by atoms with Crippen molar-refractivity contribution in [3.05, 3.63) is 11.9 Å². The van der Waals surface area contributed by atoms with E-state index in [9.17, 15) is 0 Å². The molecule has 0 amide bonds. The van der Waals surface area contributed by atoms with Crippen LogP contribution in [0.3, 0.4) is 0 Å². The van der Waals surface area contributed by atoms with Gasteiger partial charge in [0.1, 0.15) is 6.34 Å². The number of hydrazine groups is 1. The zero-order chi connectivity index (χ0) is 5.98. The molecule has 3 nitrogen and oxygen atoms in total. The van der Waals surface area contributed by atoms with Crippen molar-refractivity contribution in [1.82, 2.24) is 10.4 Å². The zero-order valence-electron chi connectivity index (χ0n) is 5.05. The van der Waals surface area contributed by atoms with Crippen LogP contribution >= 0.6 is 0 Å². The second-order valence-corrected chi connectivity index (χ2v) is 1.80. The number of nitrogens with zero attached hydrogens (tertiary/aromatic N) is 2. The van der Waals surface area contributed by atoms with Gasteiger partial charge >= 0.3 is 0 Å². The van der Waals surface area contributed by atoms with E-state index < -0.39 is 0 Å². The molecule has 0 fully saturated rings. The molecule has 0 aromatic carbocycles. The second kappa shape index (κ2) is 1.86. The van der Waals surface area contributed by atoms with E-state index in [1.807, 2.05) is 14.0 Å². The highest BCUT2D eigenvalue weighted by molar-refractivity contribution is 5.56. The Labute approximate surface area is 48.7 Å². The summed E-state index contributed by atoms with van der Waals surface area (Å²) in [5, 5.41) is 1.80. The molecule has 1 aliphatic heterocycles. The lowest BCUT2D eigenvalue weighted by Crippen LogP contribution is -2.33. The molecule has 0 radical (unpaired) electrons. The Kier molecular flexibility index (Phi) is 1.20. The molecule has 1 heterocycles. The van der Waals surface area contributed by atoms with E-state index in [1.54, 1.807) is 17.5 Å². The first kappa shape index (κ1) is 5.15. The van der Waals surface area contributed by atoms with Crippen molar-refractivity contribution in [3.63, 3.8) is 0 Å².